The summed E-state index contributed by atoms with van der Waals surface area (Å²) in [5.74, 6) is 1.69. The number of carbonyl (C=O) groups is 1. The van der Waals surface area contributed by atoms with Crippen LogP contribution in [0.2, 0.25) is 0 Å². The molecule has 4 aromatic rings. The van der Waals surface area contributed by atoms with Crippen LogP contribution in [-0.4, -0.2) is 20.8 Å². The number of ether oxygens (including phenoxy) is 1. The number of benzene rings is 2. The third-order valence-electron chi connectivity index (χ3n) is 4.59. The van der Waals surface area contributed by atoms with Crippen molar-refractivity contribution in [1.82, 2.24) is 14.8 Å². The number of amides is 2. The lowest BCUT2D eigenvalue weighted by molar-refractivity contribution is 0.262. The molecule has 0 atom stereocenters. The molecule has 2 amide bonds. The molecule has 2 aromatic carbocycles. The lowest BCUT2D eigenvalue weighted by Crippen LogP contribution is -2.19. The Morgan fingerprint density at radius 3 is 2.20 bits per heavy atom. The molecular weight excluding hydrogens is 378 g/mol. The number of carbonyl (C=O) groups excluding carboxylic acids is 1. The molecule has 2 N–H and O–H groups in total. The Labute approximate surface area is 174 Å². The van der Waals surface area contributed by atoms with Gasteiger partial charge in [0.2, 0.25) is 5.88 Å². The van der Waals surface area contributed by atoms with Gasteiger partial charge in [-0.25, -0.2) is 4.79 Å². The average molecular weight is 399 g/mol. The Hall–Kier alpha value is -4.13. The van der Waals surface area contributed by atoms with Crippen molar-refractivity contribution in [2.45, 2.75) is 13.8 Å². The fourth-order valence-electron chi connectivity index (χ4n) is 2.83. The number of anilines is 2. The van der Waals surface area contributed by atoms with E-state index in [4.69, 9.17) is 4.74 Å². The van der Waals surface area contributed by atoms with Gasteiger partial charge < -0.3 is 19.9 Å². The van der Waals surface area contributed by atoms with Gasteiger partial charge in [0, 0.05) is 29.8 Å². The van der Waals surface area contributed by atoms with Gasteiger partial charge in [0.25, 0.3) is 0 Å². The van der Waals surface area contributed by atoms with E-state index in [-0.39, 0.29) is 6.03 Å². The van der Waals surface area contributed by atoms with Gasteiger partial charge >= 0.3 is 6.03 Å². The normalized spacial score (nSPS) is 10.5. The van der Waals surface area contributed by atoms with Gasteiger partial charge in [-0.15, -0.1) is 10.2 Å². The minimum atomic E-state index is -0.307. The molecule has 0 aliphatic carbocycles. The zero-order valence-electron chi connectivity index (χ0n) is 16.7. The van der Waals surface area contributed by atoms with E-state index in [1.807, 2.05) is 67.2 Å². The highest BCUT2D eigenvalue weighted by atomic mass is 16.5. The molecule has 0 aliphatic heterocycles. The van der Waals surface area contributed by atoms with E-state index >= 15 is 0 Å². The molecule has 0 unspecified atom stereocenters. The Morgan fingerprint density at radius 2 is 1.53 bits per heavy atom. The fraction of sp³-hybridized carbons (Fsp3) is 0.0870. The van der Waals surface area contributed by atoms with E-state index in [1.165, 1.54) is 5.56 Å². The number of rotatable bonds is 5. The smallest absolute Gasteiger partial charge is 0.323 e. The maximum Gasteiger partial charge on any atom is 0.323 e. The number of urea groups is 1. The number of nitrogens with zero attached hydrogens (tertiary/aromatic N) is 3. The van der Waals surface area contributed by atoms with E-state index in [2.05, 4.69) is 20.8 Å². The van der Waals surface area contributed by atoms with E-state index in [0.717, 1.165) is 11.3 Å². The molecule has 2 heterocycles. The quantitative estimate of drug-likeness (QED) is 0.476. The molecule has 0 radical (unpaired) electrons. The number of aromatic nitrogens is 3. The molecule has 7 heteroatoms. The first-order chi connectivity index (χ1) is 14.6. The second kappa shape index (κ2) is 8.48. The van der Waals surface area contributed by atoms with Gasteiger partial charge in [-0.3, -0.25) is 0 Å². The van der Waals surface area contributed by atoms with Crippen LogP contribution in [0.15, 0.2) is 79.1 Å². The average Bonchev–Trinajstić information content (AvgIpc) is 3.28. The first-order valence-electron chi connectivity index (χ1n) is 9.47. The number of nitrogens with one attached hydrogen (secondary N) is 2. The van der Waals surface area contributed by atoms with E-state index in [0.29, 0.717) is 23.1 Å². The highest BCUT2D eigenvalue weighted by molar-refractivity contribution is 5.99. The van der Waals surface area contributed by atoms with Crippen molar-refractivity contribution >= 4 is 17.4 Å². The molecule has 2 aromatic heterocycles. The number of aryl methyl sites for hydroxylation is 2. The minimum Gasteiger partial charge on any atom is -0.438 e. The van der Waals surface area contributed by atoms with Crippen molar-refractivity contribution in [3.8, 4) is 17.4 Å². The first-order valence-corrected chi connectivity index (χ1v) is 9.47. The predicted octanol–water partition coefficient (Wildman–Crippen LogP) is 5.32. The largest absolute Gasteiger partial charge is 0.438 e. The Morgan fingerprint density at radius 1 is 0.833 bits per heavy atom. The second-order valence-corrected chi connectivity index (χ2v) is 6.82. The predicted molar refractivity (Wildman–Crippen MR) is 116 cm³/mol. The topological polar surface area (TPSA) is 81.1 Å². The van der Waals surface area contributed by atoms with Crippen molar-refractivity contribution in [3.63, 3.8) is 0 Å². The fourth-order valence-corrected chi connectivity index (χ4v) is 2.83. The van der Waals surface area contributed by atoms with E-state index in [1.54, 1.807) is 30.3 Å². The van der Waals surface area contributed by atoms with Crippen molar-refractivity contribution in [1.29, 1.82) is 0 Å². The van der Waals surface area contributed by atoms with Gasteiger partial charge in [0.1, 0.15) is 5.75 Å². The standard InChI is InChI=1S/C23H21N5O2/c1-16-5-6-19(15-17(16)2)25-23(29)24-18-7-9-20(10-8-18)30-22-12-11-21(26-27-22)28-13-3-4-14-28/h3-15H,1-2H3,(H2,24,25,29). The molecule has 0 bridgehead atoms. The summed E-state index contributed by atoms with van der Waals surface area (Å²) < 4.78 is 7.58. The summed E-state index contributed by atoms with van der Waals surface area (Å²) in [6.07, 6.45) is 3.79. The van der Waals surface area contributed by atoms with Gasteiger partial charge in [0.15, 0.2) is 5.82 Å². The molecular formula is C23H21N5O2. The van der Waals surface area contributed by atoms with E-state index < -0.39 is 0 Å². The monoisotopic (exact) mass is 399 g/mol. The third kappa shape index (κ3) is 4.64. The summed E-state index contributed by atoms with van der Waals surface area (Å²) in [6, 6.07) is 19.9. The van der Waals surface area contributed by atoms with Crippen LogP contribution >= 0.6 is 0 Å². The van der Waals surface area contributed by atoms with Crippen molar-refractivity contribution in [2.75, 3.05) is 10.6 Å². The minimum absolute atomic E-state index is 0.307. The molecule has 0 aliphatic rings. The summed E-state index contributed by atoms with van der Waals surface area (Å²) in [7, 11) is 0. The zero-order chi connectivity index (χ0) is 20.9. The molecule has 0 saturated heterocycles. The molecule has 0 saturated carbocycles. The molecule has 150 valence electrons. The van der Waals surface area contributed by atoms with Crippen LogP contribution in [0.5, 0.6) is 11.6 Å². The van der Waals surface area contributed by atoms with Crippen LogP contribution < -0.4 is 15.4 Å². The second-order valence-electron chi connectivity index (χ2n) is 6.82. The molecule has 7 nitrogen and oxygen atoms in total. The maximum absolute atomic E-state index is 12.2. The van der Waals surface area contributed by atoms with Crippen LogP contribution in [0, 0.1) is 13.8 Å². The van der Waals surface area contributed by atoms with Crippen molar-refractivity contribution in [2.24, 2.45) is 0 Å². The molecule has 30 heavy (non-hydrogen) atoms. The van der Waals surface area contributed by atoms with Crippen molar-refractivity contribution < 1.29 is 9.53 Å². The summed E-state index contributed by atoms with van der Waals surface area (Å²) in [5, 5.41) is 13.9. The van der Waals surface area contributed by atoms with Crippen LogP contribution in [0.1, 0.15) is 11.1 Å². The number of hydrogen-bond acceptors (Lipinski definition) is 4. The maximum atomic E-state index is 12.2. The lowest BCUT2D eigenvalue weighted by atomic mass is 10.1. The van der Waals surface area contributed by atoms with Gasteiger partial charge in [-0.05, 0) is 79.6 Å². The van der Waals surface area contributed by atoms with Crippen molar-refractivity contribution in [3.05, 3.63) is 90.3 Å². The zero-order valence-corrected chi connectivity index (χ0v) is 16.7. The Balaban J connectivity index is 1.34. The van der Waals surface area contributed by atoms with Gasteiger partial charge in [-0.2, -0.15) is 0 Å². The SMILES string of the molecule is Cc1ccc(NC(=O)Nc2ccc(Oc3ccc(-n4cccc4)nn3)cc2)cc1C. The Kier molecular flexibility index (Phi) is 5.43. The van der Waals surface area contributed by atoms with E-state index in [9.17, 15) is 4.79 Å². The highest BCUT2D eigenvalue weighted by Gasteiger charge is 2.06. The molecule has 0 spiro atoms. The number of hydrogen-bond donors (Lipinski definition) is 2. The van der Waals surface area contributed by atoms with Crippen LogP contribution in [0.25, 0.3) is 5.82 Å². The summed E-state index contributed by atoms with van der Waals surface area (Å²) in [5.41, 5.74) is 3.70. The van der Waals surface area contributed by atoms with Crippen LogP contribution in [-0.2, 0) is 0 Å². The summed E-state index contributed by atoms with van der Waals surface area (Å²) in [4.78, 5) is 12.2. The third-order valence-corrected chi connectivity index (χ3v) is 4.59. The summed E-state index contributed by atoms with van der Waals surface area (Å²) in [6.45, 7) is 4.04. The molecule has 4 rings (SSSR count). The van der Waals surface area contributed by atoms with Gasteiger partial charge in [0.05, 0.1) is 0 Å². The molecule has 0 fully saturated rings. The summed E-state index contributed by atoms with van der Waals surface area (Å²) >= 11 is 0. The lowest BCUT2D eigenvalue weighted by Gasteiger charge is -2.10. The van der Waals surface area contributed by atoms with Crippen LogP contribution in [0.4, 0.5) is 16.2 Å². The first kappa shape index (κ1) is 19.2. The Bertz CT molecular complexity index is 1140. The van der Waals surface area contributed by atoms with Gasteiger partial charge in [-0.1, -0.05) is 6.07 Å². The van der Waals surface area contributed by atoms with Crippen LogP contribution in [0.3, 0.4) is 0 Å². The highest BCUT2D eigenvalue weighted by Crippen LogP contribution is 2.22.